The van der Waals surface area contributed by atoms with Crippen molar-refractivity contribution in [2.24, 2.45) is 0 Å². The summed E-state index contributed by atoms with van der Waals surface area (Å²) < 4.78 is 26.5. The fourth-order valence-electron chi connectivity index (χ4n) is 1.90. The van der Waals surface area contributed by atoms with Crippen LogP contribution >= 0.6 is 23.2 Å². The van der Waals surface area contributed by atoms with Crippen molar-refractivity contribution in [3.05, 3.63) is 58.3 Å². The third-order valence-corrected chi connectivity index (χ3v) is 5.87. The Labute approximate surface area is 134 Å². The number of rotatable bonds is 4. The van der Waals surface area contributed by atoms with Gasteiger partial charge >= 0.3 is 0 Å². The Kier molecular flexibility index (Phi) is 4.88. The van der Waals surface area contributed by atoms with Gasteiger partial charge in [0.1, 0.15) is 10.0 Å². The third-order valence-electron chi connectivity index (χ3n) is 3.26. The van der Waals surface area contributed by atoms with Gasteiger partial charge in [-0.25, -0.2) is 13.4 Å². The summed E-state index contributed by atoms with van der Waals surface area (Å²) >= 11 is 11.8. The molecule has 0 spiro atoms. The van der Waals surface area contributed by atoms with Crippen LogP contribution in [0.25, 0.3) is 0 Å². The average Bonchev–Trinajstić information content (AvgIpc) is 2.46. The summed E-state index contributed by atoms with van der Waals surface area (Å²) in [5.74, 6) is 0. The van der Waals surface area contributed by atoms with E-state index in [-0.39, 0.29) is 16.1 Å². The molecular weight excluding hydrogens is 331 g/mol. The van der Waals surface area contributed by atoms with E-state index in [0.29, 0.717) is 5.02 Å². The fourth-order valence-corrected chi connectivity index (χ4v) is 3.88. The van der Waals surface area contributed by atoms with E-state index in [2.05, 4.69) is 4.98 Å². The lowest BCUT2D eigenvalue weighted by Crippen LogP contribution is -2.30. The van der Waals surface area contributed by atoms with Crippen molar-refractivity contribution in [1.29, 1.82) is 0 Å². The van der Waals surface area contributed by atoms with E-state index in [1.807, 2.05) is 6.07 Å². The number of sulfonamides is 1. The Morgan fingerprint density at radius 3 is 2.52 bits per heavy atom. The van der Waals surface area contributed by atoms with Gasteiger partial charge in [0, 0.05) is 24.3 Å². The highest BCUT2D eigenvalue weighted by atomic mass is 35.5. The Morgan fingerprint density at radius 2 is 1.90 bits per heavy atom. The Hall–Kier alpha value is -1.14. The maximum Gasteiger partial charge on any atom is 0.246 e. The first-order chi connectivity index (χ1) is 9.84. The highest BCUT2D eigenvalue weighted by Crippen LogP contribution is 2.29. The van der Waals surface area contributed by atoms with Gasteiger partial charge in [-0.3, -0.25) is 0 Å². The molecule has 1 aromatic carbocycles. The molecule has 0 N–H and O–H groups in total. The molecule has 1 aromatic heterocycles. The first-order valence-corrected chi connectivity index (χ1v) is 8.37. The van der Waals surface area contributed by atoms with Crippen LogP contribution in [0.2, 0.25) is 10.2 Å². The average molecular weight is 345 g/mol. The minimum absolute atomic E-state index is 0.0111. The monoisotopic (exact) mass is 344 g/mol. The van der Waals surface area contributed by atoms with Crippen LogP contribution in [0.1, 0.15) is 18.5 Å². The zero-order chi connectivity index (χ0) is 15.6. The summed E-state index contributed by atoms with van der Waals surface area (Å²) in [7, 11) is -2.23. The lowest BCUT2D eigenvalue weighted by Gasteiger charge is -2.25. The molecule has 0 aliphatic rings. The van der Waals surface area contributed by atoms with Gasteiger partial charge in [-0.1, -0.05) is 35.3 Å². The summed E-state index contributed by atoms with van der Waals surface area (Å²) in [4.78, 5) is 3.80. The zero-order valence-corrected chi connectivity index (χ0v) is 13.8. The number of hydrogen-bond acceptors (Lipinski definition) is 3. The molecule has 1 unspecified atom stereocenters. The van der Waals surface area contributed by atoms with Crippen LogP contribution in [0.4, 0.5) is 0 Å². The molecular formula is C14H14Cl2N2O2S. The van der Waals surface area contributed by atoms with Crippen molar-refractivity contribution >= 4 is 33.2 Å². The number of aromatic nitrogens is 1. The highest BCUT2D eigenvalue weighted by molar-refractivity contribution is 7.89. The standard InChI is InChI=1S/C14H14Cl2N2O2S/c1-10(11-5-3-6-12(15)9-11)18(2)21(19,20)13-7-4-8-17-14(13)16/h3-10H,1-2H3. The van der Waals surface area contributed by atoms with Crippen molar-refractivity contribution in [2.45, 2.75) is 17.9 Å². The van der Waals surface area contributed by atoms with Crippen LogP contribution < -0.4 is 0 Å². The summed E-state index contributed by atoms with van der Waals surface area (Å²) in [5, 5.41) is 0.521. The van der Waals surface area contributed by atoms with E-state index in [4.69, 9.17) is 23.2 Å². The lowest BCUT2D eigenvalue weighted by atomic mass is 10.1. The molecule has 0 saturated heterocycles. The summed E-state index contributed by atoms with van der Waals surface area (Å²) in [6.07, 6.45) is 1.45. The number of benzene rings is 1. The number of halogens is 2. The van der Waals surface area contributed by atoms with E-state index >= 15 is 0 Å². The Morgan fingerprint density at radius 1 is 1.19 bits per heavy atom. The number of pyridine rings is 1. The van der Waals surface area contributed by atoms with Crippen molar-refractivity contribution in [3.63, 3.8) is 0 Å². The van der Waals surface area contributed by atoms with Crippen LogP contribution in [0.3, 0.4) is 0 Å². The molecule has 0 radical (unpaired) electrons. The largest absolute Gasteiger partial charge is 0.246 e. The SMILES string of the molecule is CC(c1cccc(Cl)c1)N(C)S(=O)(=O)c1cccnc1Cl. The van der Waals surface area contributed by atoms with Gasteiger partial charge in [0.25, 0.3) is 0 Å². The summed E-state index contributed by atoms with van der Waals surface area (Å²) in [6.45, 7) is 1.79. The normalized spacial score (nSPS) is 13.4. The molecule has 1 atom stereocenters. The van der Waals surface area contributed by atoms with E-state index in [1.165, 1.54) is 29.7 Å². The molecule has 21 heavy (non-hydrogen) atoms. The van der Waals surface area contributed by atoms with E-state index in [1.54, 1.807) is 25.1 Å². The molecule has 0 fully saturated rings. The van der Waals surface area contributed by atoms with E-state index in [9.17, 15) is 8.42 Å². The Balaban J connectivity index is 2.39. The molecule has 2 aromatic rings. The lowest BCUT2D eigenvalue weighted by molar-refractivity contribution is 0.398. The van der Waals surface area contributed by atoms with E-state index in [0.717, 1.165) is 5.56 Å². The minimum Gasteiger partial charge on any atom is -0.243 e. The molecule has 1 heterocycles. The van der Waals surface area contributed by atoms with Gasteiger partial charge < -0.3 is 0 Å². The number of hydrogen-bond donors (Lipinski definition) is 0. The summed E-state index contributed by atoms with van der Waals surface area (Å²) in [5.41, 5.74) is 0.800. The highest BCUT2D eigenvalue weighted by Gasteiger charge is 2.28. The molecule has 7 heteroatoms. The van der Waals surface area contributed by atoms with Gasteiger partial charge in [-0.2, -0.15) is 4.31 Å². The first kappa shape index (κ1) is 16.2. The number of nitrogens with zero attached hydrogens (tertiary/aromatic N) is 2. The van der Waals surface area contributed by atoms with Crippen LogP contribution in [-0.2, 0) is 10.0 Å². The predicted octanol–water partition coefficient (Wildman–Crippen LogP) is 3.77. The minimum atomic E-state index is -3.73. The van der Waals surface area contributed by atoms with E-state index < -0.39 is 10.0 Å². The van der Waals surface area contributed by atoms with Crippen molar-refractivity contribution in [2.75, 3.05) is 7.05 Å². The first-order valence-electron chi connectivity index (χ1n) is 6.18. The molecule has 0 saturated carbocycles. The van der Waals surface area contributed by atoms with Crippen molar-refractivity contribution in [3.8, 4) is 0 Å². The Bertz CT molecular complexity index is 750. The summed E-state index contributed by atoms with van der Waals surface area (Å²) in [6, 6.07) is 9.68. The maximum atomic E-state index is 12.6. The molecule has 0 amide bonds. The van der Waals surface area contributed by atoms with Gasteiger partial charge in [-0.15, -0.1) is 0 Å². The quantitative estimate of drug-likeness (QED) is 0.793. The topological polar surface area (TPSA) is 50.3 Å². The van der Waals surface area contributed by atoms with Gasteiger partial charge in [0.05, 0.1) is 0 Å². The predicted molar refractivity (Wildman–Crippen MR) is 84.1 cm³/mol. The zero-order valence-electron chi connectivity index (χ0n) is 11.5. The van der Waals surface area contributed by atoms with Crippen molar-refractivity contribution in [1.82, 2.24) is 9.29 Å². The molecule has 112 valence electrons. The maximum absolute atomic E-state index is 12.6. The smallest absolute Gasteiger partial charge is 0.243 e. The fraction of sp³-hybridized carbons (Fsp3) is 0.214. The third kappa shape index (κ3) is 3.37. The molecule has 4 nitrogen and oxygen atoms in total. The van der Waals surface area contributed by atoms with Crippen LogP contribution in [0.15, 0.2) is 47.5 Å². The van der Waals surface area contributed by atoms with Gasteiger partial charge in [0.15, 0.2) is 0 Å². The molecule has 0 aliphatic carbocycles. The second-order valence-corrected chi connectivity index (χ2v) is 7.30. The van der Waals surface area contributed by atoms with Crippen LogP contribution in [-0.4, -0.2) is 24.8 Å². The molecule has 0 bridgehead atoms. The molecule has 0 aliphatic heterocycles. The van der Waals surface area contributed by atoms with Crippen LogP contribution in [0.5, 0.6) is 0 Å². The second-order valence-electron chi connectivity index (χ2n) is 4.54. The van der Waals surface area contributed by atoms with Crippen LogP contribution in [0, 0.1) is 0 Å². The van der Waals surface area contributed by atoms with Gasteiger partial charge in [0.2, 0.25) is 10.0 Å². The second kappa shape index (κ2) is 6.32. The molecule has 2 rings (SSSR count). The van der Waals surface area contributed by atoms with Crippen molar-refractivity contribution < 1.29 is 8.42 Å². The van der Waals surface area contributed by atoms with Gasteiger partial charge in [-0.05, 0) is 36.8 Å².